The molecule has 1 aromatic rings. The highest BCUT2D eigenvalue weighted by Crippen LogP contribution is 2.21. The molecule has 0 aliphatic carbocycles. The lowest BCUT2D eigenvalue weighted by molar-refractivity contribution is -0.148. The minimum Gasteiger partial charge on any atom is -0.497 e. The van der Waals surface area contributed by atoms with Gasteiger partial charge in [-0.3, -0.25) is 4.79 Å². The molecule has 118 valence electrons. The van der Waals surface area contributed by atoms with Gasteiger partial charge in [0.2, 0.25) is 0 Å². The van der Waals surface area contributed by atoms with Gasteiger partial charge < -0.3 is 14.8 Å². The summed E-state index contributed by atoms with van der Waals surface area (Å²) >= 11 is 0. The van der Waals surface area contributed by atoms with E-state index in [0.717, 1.165) is 42.8 Å². The van der Waals surface area contributed by atoms with E-state index in [0.29, 0.717) is 6.61 Å². The van der Waals surface area contributed by atoms with Crippen LogP contribution in [0.2, 0.25) is 0 Å². The van der Waals surface area contributed by atoms with Crippen LogP contribution in [-0.2, 0) is 9.53 Å². The molecule has 0 radical (unpaired) electrons. The second-order valence-corrected chi connectivity index (χ2v) is 5.11. The van der Waals surface area contributed by atoms with Gasteiger partial charge in [0.15, 0.2) is 0 Å². The highest BCUT2D eigenvalue weighted by atomic mass is 16.5. The molecule has 0 saturated heterocycles. The van der Waals surface area contributed by atoms with Crippen molar-refractivity contribution in [3.05, 3.63) is 23.8 Å². The molecule has 0 fully saturated rings. The second kappa shape index (κ2) is 9.27. The van der Waals surface area contributed by atoms with Crippen LogP contribution in [0.3, 0.4) is 0 Å². The number of hydrogen-bond donors (Lipinski definition) is 1. The molecule has 1 N–H and O–H groups in total. The quantitative estimate of drug-likeness (QED) is 0.556. The number of anilines is 1. The van der Waals surface area contributed by atoms with Crippen molar-refractivity contribution in [1.29, 1.82) is 0 Å². The summed E-state index contributed by atoms with van der Waals surface area (Å²) < 4.78 is 10.3. The molecule has 0 spiro atoms. The first kappa shape index (κ1) is 17.3. The van der Waals surface area contributed by atoms with Crippen molar-refractivity contribution in [2.45, 2.75) is 40.0 Å². The van der Waals surface area contributed by atoms with E-state index in [4.69, 9.17) is 9.47 Å². The summed E-state index contributed by atoms with van der Waals surface area (Å²) in [5, 5.41) is 3.41. The Hall–Kier alpha value is -1.71. The van der Waals surface area contributed by atoms with E-state index in [1.807, 2.05) is 32.0 Å². The van der Waals surface area contributed by atoms with E-state index in [-0.39, 0.29) is 11.9 Å². The minimum atomic E-state index is -0.0689. The van der Waals surface area contributed by atoms with Crippen LogP contribution in [0.4, 0.5) is 5.69 Å². The molecule has 0 aliphatic heterocycles. The SMILES string of the molecule is CCOC(=O)C(CC)CCCNc1ccc(OC)cc1C. The van der Waals surface area contributed by atoms with Crippen molar-refractivity contribution in [3.8, 4) is 5.75 Å². The fourth-order valence-electron chi connectivity index (χ4n) is 2.28. The van der Waals surface area contributed by atoms with E-state index in [1.54, 1.807) is 7.11 Å². The van der Waals surface area contributed by atoms with Gasteiger partial charge in [-0.2, -0.15) is 0 Å². The van der Waals surface area contributed by atoms with Crippen molar-refractivity contribution in [1.82, 2.24) is 0 Å². The van der Waals surface area contributed by atoms with E-state index >= 15 is 0 Å². The summed E-state index contributed by atoms with van der Waals surface area (Å²) in [6, 6.07) is 5.98. The monoisotopic (exact) mass is 293 g/mol. The number of esters is 1. The Labute approximate surface area is 127 Å². The topological polar surface area (TPSA) is 47.6 Å². The Morgan fingerprint density at radius 1 is 1.33 bits per heavy atom. The molecule has 4 heteroatoms. The molecular weight excluding hydrogens is 266 g/mol. The third kappa shape index (κ3) is 5.66. The molecule has 1 unspecified atom stereocenters. The number of methoxy groups -OCH3 is 1. The predicted molar refractivity (Wildman–Crippen MR) is 85.9 cm³/mol. The normalized spacial score (nSPS) is 11.8. The lowest BCUT2D eigenvalue weighted by Gasteiger charge is -2.14. The molecule has 21 heavy (non-hydrogen) atoms. The Morgan fingerprint density at radius 2 is 2.10 bits per heavy atom. The van der Waals surface area contributed by atoms with E-state index < -0.39 is 0 Å². The van der Waals surface area contributed by atoms with Gasteiger partial charge >= 0.3 is 5.97 Å². The maximum absolute atomic E-state index is 11.7. The zero-order valence-corrected chi connectivity index (χ0v) is 13.6. The average molecular weight is 293 g/mol. The molecule has 0 aromatic heterocycles. The summed E-state index contributed by atoms with van der Waals surface area (Å²) in [6.07, 6.45) is 2.64. The Morgan fingerprint density at radius 3 is 2.67 bits per heavy atom. The third-order valence-corrected chi connectivity index (χ3v) is 3.59. The summed E-state index contributed by atoms with van der Waals surface area (Å²) in [7, 11) is 1.67. The zero-order valence-electron chi connectivity index (χ0n) is 13.6. The van der Waals surface area contributed by atoms with Gasteiger partial charge in [-0.1, -0.05) is 6.92 Å². The maximum Gasteiger partial charge on any atom is 0.308 e. The Balaban J connectivity index is 2.38. The fourth-order valence-corrected chi connectivity index (χ4v) is 2.28. The second-order valence-electron chi connectivity index (χ2n) is 5.11. The molecule has 1 aromatic carbocycles. The molecule has 4 nitrogen and oxygen atoms in total. The highest BCUT2D eigenvalue weighted by molar-refractivity contribution is 5.72. The van der Waals surface area contributed by atoms with Gasteiger partial charge in [0, 0.05) is 12.2 Å². The number of ether oxygens (including phenoxy) is 2. The van der Waals surface area contributed by atoms with Gasteiger partial charge in [0.1, 0.15) is 5.75 Å². The van der Waals surface area contributed by atoms with E-state index in [9.17, 15) is 4.79 Å². The number of nitrogens with one attached hydrogen (secondary N) is 1. The lowest BCUT2D eigenvalue weighted by atomic mass is 10.0. The van der Waals surface area contributed by atoms with Crippen molar-refractivity contribution >= 4 is 11.7 Å². The van der Waals surface area contributed by atoms with E-state index in [1.165, 1.54) is 0 Å². The molecular formula is C17H27NO3. The minimum absolute atomic E-state index is 0.0173. The van der Waals surface area contributed by atoms with Gasteiger partial charge in [-0.05, 0) is 56.9 Å². The molecule has 1 atom stereocenters. The molecule has 0 heterocycles. The standard InChI is InChI=1S/C17H27NO3/c1-5-14(17(19)21-6-2)8-7-11-18-16-10-9-15(20-4)12-13(16)3/h9-10,12,14,18H,5-8,11H2,1-4H3. The maximum atomic E-state index is 11.7. The predicted octanol–water partition coefficient (Wildman–Crippen LogP) is 3.79. The van der Waals surface area contributed by atoms with Crippen LogP contribution in [0.25, 0.3) is 0 Å². The van der Waals surface area contributed by atoms with Crippen molar-refractivity contribution in [2.24, 2.45) is 5.92 Å². The lowest BCUT2D eigenvalue weighted by Crippen LogP contribution is -2.18. The van der Waals surface area contributed by atoms with Crippen molar-refractivity contribution < 1.29 is 14.3 Å². The third-order valence-electron chi connectivity index (χ3n) is 3.59. The van der Waals surface area contributed by atoms with Crippen molar-refractivity contribution in [3.63, 3.8) is 0 Å². The summed E-state index contributed by atoms with van der Waals surface area (Å²) in [4.78, 5) is 11.7. The van der Waals surface area contributed by atoms with E-state index in [2.05, 4.69) is 12.2 Å². The number of aryl methyl sites for hydroxylation is 1. The van der Waals surface area contributed by atoms with Crippen LogP contribution >= 0.6 is 0 Å². The number of hydrogen-bond acceptors (Lipinski definition) is 4. The summed E-state index contributed by atoms with van der Waals surface area (Å²) in [5.74, 6) is 0.816. The molecule has 0 saturated carbocycles. The first-order chi connectivity index (χ1) is 10.1. The van der Waals surface area contributed by atoms with Gasteiger partial charge in [-0.15, -0.1) is 0 Å². The fraction of sp³-hybridized carbons (Fsp3) is 0.588. The number of carbonyl (C=O) groups is 1. The summed E-state index contributed by atoms with van der Waals surface area (Å²) in [6.45, 7) is 7.24. The number of rotatable bonds is 9. The van der Waals surface area contributed by atoms with Crippen LogP contribution < -0.4 is 10.1 Å². The largest absolute Gasteiger partial charge is 0.497 e. The smallest absolute Gasteiger partial charge is 0.308 e. The first-order valence-corrected chi connectivity index (χ1v) is 7.67. The van der Waals surface area contributed by atoms with Crippen molar-refractivity contribution in [2.75, 3.05) is 25.6 Å². The van der Waals surface area contributed by atoms with Crippen LogP contribution in [0.1, 0.15) is 38.7 Å². The first-order valence-electron chi connectivity index (χ1n) is 7.67. The van der Waals surface area contributed by atoms with Gasteiger partial charge in [0.05, 0.1) is 19.6 Å². The van der Waals surface area contributed by atoms with Gasteiger partial charge in [0.25, 0.3) is 0 Å². The van der Waals surface area contributed by atoms with Crippen LogP contribution in [0.5, 0.6) is 5.75 Å². The van der Waals surface area contributed by atoms with Gasteiger partial charge in [-0.25, -0.2) is 0 Å². The molecule has 0 amide bonds. The van der Waals surface area contributed by atoms with Crippen LogP contribution in [0.15, 0.2) is 18.2 Å². The molecule has 0 aliphatic rings. The average Bonchev–Trinajstić information content (AvgIpc) is 2.48. The Bertz CT molecular complexity index is 446. The van der Waals surface area contributed by atoms with Crippen LogP contribution in [0, 0.1) is 12.8 Å². The van der Waals surface area contributed by atoms with Crippen LogP contribution in [-0.4, -0.2) is 26.2 Å². The molecule has 1 rings (SSSR count). The zero-order chi connectivity index (χ0) is 15.7. The number of carbonyl (C=O) groups excluding carboxylic acids is 1. The summed E-state index contributed by atoms with van der Waals surface area (Å²) in [5.41, 5.74) is 2.27. The highest BCUT2D eigenvalue weighted by Gasteiger charge is 2.16. The Kier molecular flexibility index (Phi) is 7.65. The molecule has 0 bridgehead atoms. The number of benzene rings is 1.